The maximum atomic E-state index is 14.2. The quantitative estimate of drug-likeness (QED) is 0.594. The van der Waals surface area contributed by atoms with Crippen molar-refractivity contribution in [3.8, 4) is 5.75 Å². The third-order valence-corrected chi connectivity index (χ3v) is 3.85. The molecule has 0 saturated carbocycles. The monoisotopic (exact) mass is 342 g/mol. The molecule has 0 saturated heterocycles. The van der Waals surface area contributed by atoms with E-state index in [2.05, 4.69) is 4.74 Å². The SMILES string of the molecule is O=C1CCCc2c(OC(F)(F)c3ccc(F)c(F)c3F)cccc21. The number of fused-ring (bicyclic) bond motifs is 1. The lowest BCUT2D eigenvalue weighted by atomic mass is 9.90. The summed E-state index contributed by atoms with van der Waals surface area (Å²) in [6, 6.07) is 4.92. The first-order valence-electron chi connectivity index (χ1n) is 7.17. The highest BCUT2D eigenvalue weighted by Crippen LogP contribution is 2.38. The van der Waals surface area contributed by atoms with Crippen LogP contribution < -0.4 is 4.74 Å². The fraction of sp³-hybridized carbons (Fsp3) is 0.235. The van der Waals surface area contributed by atoms with Crippen LogP contribution in [0.25, 0.3) is 0 Å². The van der Waals surface area contributed by atoms with E-state index in [9.17, 15) is 26.7 Å². The summed E-state index contributed by atoms with van der Waals surface area (Å²) in [6.07, 6.45) is -3.08. The smallest absolute Gasteiger partial charge is 0.429 e. The Kier molecular flexibility index (Phi) is 4.03. The number of carbonyl (C=O) groups is 1. The number of benzene rings is 2. The van der Waals surface area contributed by atoms with E-state index in [4.69, 9.17) is 0 Å². The maximum Gasteiger partial charge on any atom is 0.429 e. The van der Waals surface area contributed by atoms with Crippen molar-refractivity contribution in [2.75, 3.05) is 0 Å². The lowest BCUT2D eigenvalue weighted by Crippen LogP contribution is -2.25. The second-order valence-electron chi connectivity index (χ2n) is 5.40. The van der Waals surface area contributed by atoms with Crippen LogP contribution in [0.2, 0.25) is 0 Å². The van der Waals surface area contributed by atoms with E-state index in [-0.39, 0.29) is 17.1 Å². The zero-order valence-electron chi connectivity index (χ0n) is 12.2. The van der Waals surface area contributed by atoms with Gasteiger partial charge in [-0.25, -0.2) is 13.2 Å². The highest BCUT2D eigenvalue weighted by atomic mass is 19.3. The van der Waals surface area contributed by atoms with Gasteiger partial charge in [0.05, 0.1) is 0 Å². The van der Waals surface area contributed by atoms with Crippen LogP contribution in [0, 0.1) is 17.5 Å². The molecule has 24 heavy (non-hydrogen) atoms. The van der Waals surface area contributed by atoms with Gasteiger partial charge in [0.2, 0.25) is 0 Å². The molecule has 0 aliphatic heterocycles. The number of hydrogen-bond donors (Lipinski definition) is 0. The van der Waals surface area contributed by atoms with Crippen LogP contribution in [0.4, 0.5) is 22.0 Å². The summed E-state index contributed by atoms with van der Waals surface area (Å²) in [5, 5.41) is 0. The molecule has 126 valence electrons. The van der Waals surface area contributed by atoms with Crippen LogP contribution in [-0.2, 0) is 12.5 Å². The van der Waals surface area contributed by atoms with Crippen LogP contribution in [0.15, 0.2) is 30.3 Å². The minimum absolute atomic E-state index is 0.191. The van der Waals surface area contributed by atoms with E-state index in [0.717, 1.165) is 0 Å². The van der Waals surface area contributed by atoms with E-state index in [1.165, 1.54) is 18.2 Å². The Hall–Kier alpha value is -2.44. The normalized spacial score (nSPS) is 14.5. The van der Waals surface area contributed by atoms with Crippen LogP contribution in [0.5, 0.6) is 5.75 Å². The largest absolute Gasteiger partial charge is 0.429 e. The van der Waals surface area contributed by atoms with Crippen molar-refractivity contribution >= 4 is 5.78 Å². The Balaban J connectivity index is 2.01. The first kappa shape index (κ1) is 16.4. The average Bonchev–Trinajstić information content (AvgIpc) is 2.53. The highest BCUT2D eigenvalue weighted by Gasteiger charge is 2.40. The first-order valence-corrected chi connectivity index (χ1v) is 7.17. The molecule has 3 rings (SSSR count). The summed E-state index contributed by atoms with van der Waals surface area (Å²) in [5.41, 5.74) is -0.835. The minimum atomic E-state index is -4.23. The third-order valence-electron chi connectivity index (χ3n) is 3.85. The Labute approximate surface area is 133 Å². The third kappa shape index (κ3) is 2.74. The standard InChI is InChI=1S/C17H11F5O2/c18-12-8-7-11(15(19)16(12)20)17(21,22)24-14-6-2-3-9-10(14)4-1-5-13(9)23/h2-3,6-8H,1,4-5H2. The van der Waals surface area contributed by atoms with Crippen molar-refractivity contribution in [3.05, 3.63) is 64.5 Å². The second-order valence-corrected chi connectivity index (χ2v) is 5.40. The fourth-order valence-corrected chi connectivity index (χ4v) is 2.68. The second kappa shape index (κ2) is 5.89. The van der Waals surface area contributed by atoms with Gasteiger partial charge in [0.1, 0.15) is 11.3 Å². The predicted molar refractivity (Wildman–Crippen MR) is 74.5 cm³/mol. The molecule has 0 atom stereocenters. The number of carbonyl (C=O) groups excluding carboxylic acids is 1. The molecule has 7 heteroatoms. The summed E-state index contributed by atoms with van der Waals surface area (Å²) in [5.74, 6) is -6.06. The molecule has 0 heterocycles. The van der Waals surface area contributed by atoms with E-state index >= 15 is 0 Å². The molecule has 0 N–H and O–H groups in total. The van der Waals surface area contributed by atoms with E-state index in [1.807, 2.05) is 0 Å². The van der Waals surface area contributed by atoms with Crippen molar-refractivity contribution < 1.29 is 31.5 Å². The summed E-state index contributed by atoms with van der Waals surface area (Å²) in [7, 11) is 0. The molecular formula is C17H11F5O2. The topological polar surface area (TPSA) is 26.3 Å². The maximum absolute atomic E-state index is 14.2. The Morgan fingerprint density at radius 3 is 2.46 bits per heavy atom. The number of ether oxygens (including phenoxy) is 1. The van der Waals surface area contributed by atoms with Crippen LogP contribution in [0.1, 0.15) is 34.3 Å². The fourth-order valence-electron chi connectivity index (χ4n) is 2.68. The predicted octanol–water partition coefficient (Wildman–Crippen LogP) is 4.75. The van der Waals surface area contributed by atoms with Gasteiger partial charge >= 0.3 is 6.11 Å². The molecule has 0 unspecified atom stereocenters. The van der Waals surface area contributed by atoms with Gasteiger partial charge in [-0.05, 0) is 31.0 Å². The van der Waals surface area contributed by atoms with E-state index < -0.39 is 29.1 Å². The van der Waals surface area contributed by atoms with Crippen molar-refractivity contribution in [1.29, 1.82) is 0 Å². The summed E-state index contributed by atoms with van der Waals surface area (Å²) in [6.45, 7) is 0. The molecule has 1 aliphatic rings. The number of halogens is 5. The van der Waals surface area contributed by atoms with Gasteiger partial charge in [0.25, 0.3) is 0 Å². The Morgan fingerprint density at radius 1 is 0.958 bits per heavy atom. The summed E-state index contributed by atoms with van der Waals surface area (Å²) in [4.78, 5) is 11.8. The van der Waals surface area contributed by atoms with Gasteiger partial charge in [-0.2, -0.15) is 8.78 Å². The highest BCUT2D eigenvalue weighted by molar-refractivity contribution is 5.99. The van der Waals surface area contributed by atoms with Crippen LogP contribution >= 0.6 is 0 Å². The first-order chi connectivity index (χ1) is 11.3. The lowest BCUT2D eigenvalue weighted by molar-refractivity contribution is -0.188. The molecule has 0 aromatic heterocycles. The molecule has 0 amide bonds. The van der Waals surface area contributed by atoms with Crippen molar-refractivity contribution in [3.63, 3.8) is 0 Å². The van der Waals surface area contributed by atoms with Crippen molar-refractivity contribution in [2.24, 2.45) is 0 Å². The number of Topliss-reactive ketones (excluding diaryl/α,β-unsaturated/α-hetero) is 1. The Bertz CT molecular complexity index is 817. The Morgan fingerprint density at radius 2 is 1.71 bits per heavy atom. The van der Waals surface area contributed by atoms with Crippen molar-refractivity contribution in [1.82, 2.24) is 0 Å². The molecule has 2 aromatic rings. The zero-order chi connectivity index (χ0) is 17.5. The zero-order valence-corrected chi connectivity index (χ0v) is 12.2. The van der Waals surface area contributed by atoms with Crippen molar-refractivity contribution in [2.45, 2.75) is 25.4 Å². The van der Waals surface area contributed by atoms with Gasteiger partial charge in [0, 0.05) is 17.5 Å². The van der Waals surface area contributed by atoms with E-state index in [0.29, 0.717) is 37.0 Å². The molecule has 0 fully saturated rings. The van der Waals surface area contributed by atoms with Gasteiger partial charge in [-0.15, -0.1) is 0 Å². The molecule has 2 aromatic carbocycles. The number of ketones is 1. The molecule has 1 aliphatic carbocycles. The van der Waals surface area contributed by atoms with Gasteiger partial charge in [-0.3, -0.25) is 4.79 Å². The number of hydrogen-bond acceptors (Lipinski definition) is 2. The molecule has 0 radical (unpaired) electrons. The number of rotatable bonds is 3. The molecule has 0 spiro atoms. The number of alkyl halides is 2. The lowest BCUT2D eigenvalue weighted by Gasteiger charge is -2.23. The van der Waals surface area contributed by atoms with Gasteiger partial charge in [0.15, 0.2) is 23.2 Å². The van der Waals surface area contributed by atoms with Gasteiger partial charge in [-0.1, -0.05) is 12.1 Å². The molecule has 0 bridgehead atoms. The molecule has 2 nitrogen and oxygen atoms in total. The van der Waals surface area contributed by atoms with Crippen LogP contribution in [-0.4, -0.2) is 5.78 Å². The van der Waals surface area contributed by atoms with E-state index in [1.54, 1.807) is 0 Å². The summed E-state index contributed by atoms with van der Waals surface area (Å²) < 4.78 is 72.8. The van der Waals surface area contributed by atoms with Gasteiger partial charge < -0.3 is 4.74 Å². The van der Waals surface area contributed by atoms with Crippen LogP contribution in [0.3, 0.4) is 0 Å². The average molecular weight is 342 g/mol. The molecular weight excluding hydrogens is 331 g/mol. The minimum Gasteiger partial charge on any atom is -0.429 e. The summed E-state index contributed by atoms with van der Waals surface area (Å²) >= 11 is 0.